The standard InChI is InChI=1S/C23H28FN3O3S/c24-20-8-10-21(11-9-20)25-14-16-27(17-15-25)31(29,30)22-7-5-6-19(18-22)23(28)26-12-3-1-2-4-13-26/h5-11,18H,1-4,12-17H2. The van der Waals surface area contributed by atoms with E-state index in [1.807, 2.05) is 9.80 Å². The van der Waals surface area contributed by atoms with Gasteiger partial charge in [-0.25, -0.2) is 12.8 Å². The topological polar surface area (TPSA) is 60.9 Å². The van der Waals surface area contributed by atoms with E-state index in [1.54, 1.807) is 30.3 Å². The molecule has 2 heterocycles. The van der Waals surface area contributed by atoms with Crippen LogP contribution in [0.15, 0.2) is 53.4 Å². The predicted molar refractivity (Wildman–Crippen MR) is 118 cm³/mol. The van der Waals surface area contributed by atoms with Gasteiger partial charge in [-0.2, -0.15) is 4.31 Å². The third-order valence-corrected chi connectivity index (χ3v) is 7.94. The molecule has 0 bridgehead atoms. The fraction of sp³-hybridized carbons (Fsp3) is 0.435. The lowest BCUT2D eigenvalue weighted by Gasteiger charge is -2.35. The first-order valence-electron chi connectivity index (χ1n) is 10.9. The normalized spacial score (nSPS) is 18.6. The van der Waals surface area contributed by atoms with Crippen LogP contribution >= 0.6 is 0 Å². The summed E-state index contributed by atoms with van der Waals surface area (Å²) in [5.74, 6) is -0.389. The van der Waals surface area contributed by atoms with E-state index in [1.165, 1.54) is 22.5 Å². The summed E-state index contributed by atoms with van der Waals surface area (Å²) in [6, 6.07) is 12.6. The van der Waals surface area contributed by atoms with E-state index in [-0.39, 0.29) is 16.6 Å². The van der Waals surface area contributed by atoms with Gasteiger partial charge in [0, 0.05) is 50.5 Å². The molecule has 0 saturated carbocycles. The zero-order chi connectivity index (χ0) is 21.8. The van der Waals surface area contributed by atoms with E-state index < -0.39 is 10.0 Å². The number of hydrogen-bond donors (Lipinski definition) is 0. The molecule has 0 aliphatic carbocycles. The first-order chi connectivity index (χ1) is 14.9. The van der Waals surface area contributed by atoms with Crippen molar-refractivity contribution in [3.05, 3.63) is 59.9 Å². The lowest BCUT2D eigenvalue weighted by atomic mass is 10.2. The van der Waals surface area contributed by atoms with Crippen LogP contribution in [0.1, 0.15) is 36.0 Å². The van der Waals surface area contributed by atoms with E-state index in [0.717, 1.165) is 44.5 Å². The van der Waals surface area contributed by atoms with Crippen LogP contribution in [0.25, 0.3) is 0 Å². The van der Waals surface area contributed by atoms with E-state index in [4.69, 9.17) is 0 Å². The van der Waals surface area contributed by atoms with Gasteiger partial charge >= 0.3 is 0 Å². The Morgan fingerprint density at radius 2 is 1.45 bits per heavy atom. The van der Waals surface area contributed by atoms with Crippen LogP contribution in [-0.2, 0) is 10.0 Å². The molecule has 2 fully saturated rings. The number of rotatable bonds is 4. The number of hydrogen-bond acceptors (Lipinski definition) is 4. The molecular formula is C23H28FN3O3S. The van der Waals surface area contributed by atoms with Gasteiger partial charge in [0.1, 0.15) is 5.82 Å². The number of anilines is 1. The quantitative estimate of drug-likeness (QED) is 0.724. The van der Waals surface area contributed by atoms with Gasteiger partial charge in [-0.3, -0.25) is 4.79 Å². The minimum atomic E-state index is -3.69. The van der Waals surface area contributed by atoms with Crippen molar-refractivity contribution in [2.45, 2.75) is 30.6 Å². The molecule has 4 rings (SSSR count). The third-order valence-electron chi connectivity index (χ3n) is 6.04. The van der Waals surface area contributed by atoms with Gasteiger partial charge in [-0.15, -0.1) is 0 Å². The van der Waals surface area contributed by atoms with Gasteiger partial charge in [0.25, 0.3) is 5.91 Å². The number of benzene rings is 2. The molecule has 0 unspecified atom stereocenters. The Bertz CT molecular complexity index is 1010. The molecule has 0 aromatic heterocycles. The molecule has 2 aliphatic rings. The maximum Gasteiger partial charge on any atom is 0.253 e. The summed E-state index contributed by atoms with van der Waals surface area (Å²) >= 11 is 0. The van der Waals surface area contributed by atoms with Crippen LogP contribution in [0.3, 0.4) is 0 Å². The number of likely N-dealkylation sites (tertiary alicyclic amines) is 1. The van der Waals surface area contributed by atoms with Crippen LogP contribution in [0.5, 0.6) is 0 Å². The first kappa shape index (κ1) is 21.8. The summed E-state index contributed by atoms with van der Waals surface area (Å²) in [6.45, 7) is 3.17. The van der Waals surface area contributed by atoms with Gasteiger partial charge < -0.3 is 9.80 Å². The number of carbonyl (C=O) groups excluding carboxylic acids is 1. The summed E-state index contributed by atoms with van der Waals surface area (Å²) in [5, 5.41) is 0. The van der Waals surface area contributed by atoms with Crippen molar-refractivity contribution in [1.82, 2.24) is 9.21 Å². The molecule has 0 atom stereocenters. The number of nitrogens with zero attached hydrogens (tertiary/aromatic N) is 3. The molecule has 2 aromatic carbocycles. The number of carbonyl (C=O) groups is 1. The Balaban J connectivity index is 1.46. The van der Waals surface area contributed by atoms with E-state index in [9.17, 15) is 17.6 Å². The van der Waals surface area contributed by atoms with Crippen molar-refractivity contribution in [3.8, 4) is 0 Å². The van der Waals surface area contributed by atoms with Crippen LogP contribution in [0, 0.1) is 5.82 Å². The molecule has 6 nitrogen and oxygen atoms in total. The maximum atomic E-state index is 13.2. The number of sulfonamides is 1. The Kier molecular flexibility index (Phi) is 6.57. The third kappa shape index (κ3) is 4.91. The molecule has 2 aromatic rings. The van der Waals surface area contributed by atoms with Gasteiger partial charge in [-0.05, 0) is 55.3 Å². The number of halogens is 1. The average Bonchev–Trinajstić information content (AvgIpc) is 3.09. The highest BCUT2D eigenvalue weighted by Gasteiger charge is 2.29. The number of piperazine rings is 1. The van der Waals surface area contributed by atoms with E-state index in [0.29, 0.717) is 31.7 Å². The van der Waals surface area contributed by atoms with E-state index in [2.05, 4.69) is 0 Å². The molecule has 166 valence electrons. The summed E-state index contributed by atoms with van der Waals surface area (Å²) < 4.78 is 41.0. The highest BCUT2D eigenvalue weighted by Crippen LogP contribution is 2.23. The van der Waals surface area contributed by atoms with Crippen LogP contribution in [-0.4, -0.2) is 62.8 Å². The highest BCUT2D eigenvalue weighted by atomic mass is 32.2. The summed E-state index contributed by atoms with van der Waals surface area (Å²) in [6.07, 6.45) is 4.23. The minimum absolute atomic E-state index is 0.0971. The van der Waals surface area contributed by atoms with Crippen LogP contribution < -0.4 is 4.90 Å². The Morgan fingerprint density at radius 3 is 2.10 bits per heavy atom. The second-order valence-electron chi connectivity index (χ2n) is 8.10. The fourth-order valence-electron chi connectivity index (χ4n) is 4.23. The zero-order valence-electron chi connectivity index (χ0n) is 17.5. The minimum Gasteiger partial charge on any atom is -0.369 e. The zero-order valence-corrected chi connectivity index (χ0v) is 18.4. The second kappa shape index (κ2) is 9.36. The monoisotopic (exact) mass is 445 g/mol. The van der Waals surface area contributed by atoms with Gasteiger partial charge in [0.05, 0.1) is 4.90 Å². The molecule has 8 heteroatoms. The summed E-state index contributed by atoms with van der Waals surface area (Å²) in [5.41, 5.74) is 1.30. The number of amides is 1. The van der Waals surface area contributed by atoms with Crippen molar-refractivity contribution in [2.24, 2.45) is 0 Å². The maximum absolute atomic E-state index is 13.2. The summed E-state index contributed by atoms with van der Waals surface area (Å²) in [4.78, 5) is 17.0. The molecular weight excluding hydrogens is 417 g/mol. The van der Waals surface area contributed by atoms with E-state index >= 15 is 0 Å². The highest BCUT2D eigenvalue weighted by molar-refractivity contribution is 7.89. The van der Waals surface area contributed by atoms with Crippen LogP contribution in [0.2, 0.25) is 0 Å². The first-order valence-corrected chi connectivity index (χ1v) is 12.3. The molecule has 2 saturated heterocycles. The SMILES string of the molecule is O=C(c1cccc(S(=O)(=O)N2CCN(c3ccc(F)cc3)CC2)c1)N1CCCCCC1. The van der Waals surface area contributed by atoms with Gasteiger partial charge in [-0.1, -0.05) is 18.9 Å². The molecule has 1 amide bonds. The largest absolute Gasteiger partial charge is 0.369 e. The fourth-order valence-corrected chi connectivity index (χ4v) is 5.70. The van der Waals surface area contributed by atoms with Crippen molar-refractivity contribution < 1.29 is 17.6 Å². The summed E-state index contributed by atoms with van der Waals surface area (Å²) in [7, 11) is -3.69. The molecule has 0 spiro atoms. The lowest BCUT2D eigenvalue weighted by Crippen LogP contribution is -2.48. The van der Waals surface area contributed by atoms with Crippen molar-refractivity contribution in [3.63, 3.8) is 0 Å². The van der Waals surface area contributed by atoms with Crippen molar-refractivity contribution >= 4 is 21.6 Å². The van der Waals surface area contributed by atoms with Gasteiger partial charge in [0.2, 0.25) is 10.0 Å². The molecule has 2 aliphatic heterocycles. The Hall–Kier alpha value is -2.45. The Labute approximate surface area is 183 Å². The Morgan fingerprint density at radius 1 is 0.806 bits per heavy atom. The molecule has 0 N–H and O–H groups in total. The van der Waals surface area contributed by atoms with Crippen molar-refractivity contribution in [1.29, 1.82) is 0 Å². The predicted octanol–water partition coefficient (Wildman–Crippen LogP) is 3.35. The molecule has 31 heavy (non-hydrogen) atoms. The molecule has 0 radical (unpaired) electrons. The average molecular weight is 446 g/mol. The van der Waals surface area contributed by atoms with Gasteiger partial charge in [0.15, 0.2) is 0 Å². The van der Waals surface area contributed by atoms with Crippen molar-refractivity contribution in [2.75, 3.05) is 44.2 Å². The smallest absolute Gasteiger partial charge is 0.253 e. The van der Waals surface area contributed by atoms with Crippen LogP contribution in [0.4, 0.5) is 10.1 Å². The second-order valence-corrected chi connectivity index (χ2v) is 10.0. The lowest BCUT2D eigenvalue weighted by molar-refractivity contribution is 0.0761.